The highest BCUT2D eigenvalue weighted by Crippen LogP contribution is 2.55. The van der Waals surface area contributed by atoms with Crippen molar-refractivity contribution < 1.29 is 0 Å². The maximum absolute atomic E-state index is 2.56. The average Bonchev–Trinajstić information content (AvgIpc) is 3.22. The Balaban J connectivity index is 1.54. The van der Waals surface area contributed by atoms with Crippen molar-refractivity contribution in [1.82, 2.24) is 0 Å². The van der Waals surface area contributed by atoms with Gasteiger partial charge in [0.05, 0.1) is 0 Å². The minimum Gasteiger partial charge on any atom is -0.0654 e. The standard InChI is InChI=1S/C39H46/c1-5-7-9-11-25-39(26-12-10-8-6-2)37-27-30(4)15-23-35(37)36-24-22-34(28-38(36)39)33-20-18-32(19-21-33)31-16-13-29(3)14-17-31/h13-24,27-28H,5-12,25-26H2,1-4H3. The van der Waals surface area contributed by atoms with Crippen LogP contribution in [0.15, 0.2) is 84.9 Å². The van der Waals surface area contributed by atoms with E-state index < -0.39 is 0 Å². The van der Waals surface area contributed by atoms with E-state index in [1.807, 2.05) is 0 Å². The average molecular weight is 515 g/mol. The van der Waals surface area contributed by atoms with Gasteiger partial charge in [-0.1, -0.05) is 155 Å². The molecule has 0 bridgehead atoms. The van der Waals surface area contributed by atoms with Crippen LogP contribution >= 0.6 is 0 Å². The van der Waals surface area contributed by atoms with Crippen molar-refractivity contribution in [2.24, 2.45) is 0 Å². The molecule has 0 aliphatic heterocycles. The topological polar surface area (TPSA) is 0 Å². The summed E-state index contributed by atoms with van der Waals surface area (Å²) in [6.07, 6.45) is 13.1. The molecule has 1 aliphatic carbocycles. The van der Waals surface area contributed by atoms with Crippen LogP contribution in [0.3, 0.4) is 0 Å². The molecule has 4 aromatic rings. The number of unbranched alkanes of at least 4 members (excludes halogenated alkanes) is 6. The molecule has 0 fully saturated rings. The summed E-state index contributed by atoms with van der Waals surface area (Å²) in [6, 6.07) is 32.6. The molecule has 0 N–H and O–H groups in total. The van der Waals surface area contributed by atoms with Crippen LogP contribution in [-0.2, 0) is 5.41 Å². The number of rotatable bonds is 12. The summed E-state index contributed by atoms with van der Waals surface area (Å²) in [5, 5.41) is 0. The van der Waals surface area contributed by atoms with E-state index in [1.165, 1.54) is 109 Å². The first-order valence-electron chi connectivity index (χ1n) is 15.5. The fourth-order valence-electron chi connectivity index (χ4n) is 6.76. The minimum atomic E-state index is 0.135. The Morgan fingerprint density at radius 3 is 1.44 bits per heavy atom. The maximum Gasteiger partial charge on any atom is 0.0215 e. The van der Waals surface area contributed by atoms with Crippen molar-refractivity contribution in [2.75, 3.05) is 0 Å². The van der Waals surface area contributed by atoms with Gasteiger partial charge in [-0.15, -0.1) is 0 Å². The van der Waals surface area contributed by atoms with Crippen molar-refractivity contribution >= 4 is 0 Å². The van der Waals surface area contributed by atoms with Crippen molar-refractivity contribution in [2.45, 2.75) is 97.3 Å². The third kappa shape index (κ3) is 5.76. The van der Waals surface area contributed by atoms with E-state index in [0.717, 1.165) is 0 Å². The van der Waals surface area contributed by atoms with Crippen LogP contribution in [0, 0.1) is 13.8 Å². The predicted molar refractivity (Wildman–Crippen MR) is 171 cm³/mol. The molecule has 0 saturated heterocycles. The van der Waals surface area contributed by atoms with Gasteiger partial charge in [0.25, 0.3) is 0 Å². The summed E-state index contributed by atoms with van der Waals surface area (Å²) in [4.78, 5) is 0. The second-order valence-electron chi connectivity index (χ2n) is 12.0. The molecular formula is C39H46. The second kappa shape index (κ2) is 12.4. The third-order valence-electron chi connectivity index (χ3n) is 9.03. The van der Waals surface area contributed by atoms with E-state index >= 15 is 0 Å². The van der Waals surface area contributed by atoms with Crippen LogP contribution in [0.25, 0.3) is 33.4 Å². The van der Waals surface area contributed by atoms with Crippen molar-refractivity contribution in [3.05, 3.63) is 107 Å². The molecule has 5 rings (SSSR count). The summed E-state index contributed by atoms with van der Waals surface area (Å²) in [5.74, 6) is 0. The smallest absolute Gasteiger partial charge is 0.0215 e. The van der Waals surface area contributed by atoms with E-state index in [2.05, 4.69) is 113 Å². The molecule has 0 saturated carbocycles. The Labute approximate surface area is 237 Å². The van der Waals surface area contributed by atoms with Gasteiger partial charge >= 0.3 is 0 Å². The van der Waals surface area contributed by atoms with Gasteiger partial charge in [0.1, 0.15) is 0 Å². The van der Waals surface area contributed by atoms with E-state index in [-0.39, 0.29) is 5.41 Å². The van der Waals surface area contributed by atoms with E-state index in [1.54, 1.807) is 11.1 Å². The first-order valence-corrected chi connectivity index (χ1v) is 15.5. The number of fused-ring (bicyclic) bond motifs is 3. The molecule has 39 heavy (non-hydrogen) atoms. The number of hydrogen-bond donors (Lipinski definition) is 0. The van der Waals surface area contributed by atoms with Crippen LogP contribution < -0.4 is 0 Å². The lowest BCUT2D eigenvalue weighted by atomic mass is 9.70. The molecule has 0 unspecified atom stereocenters. The number of hydrogen-bond acceptors (Lipinski definition) is 0. The third-order valence-corrected chi connectivity index (χ3v) is 9.03. The summed E-state index contributed by atoms with van der Waals surface area (Å²) in [5.41, 5.74) is 14.2. The number of benzene rings is 4. The molecule has 0 heterocycles. The fourth-order valence-corrected chi connectivity index (χ4v) is 6.76. The number of aryl methyl sites for hydroxylation is 2. The molecular weight excluding hydrogens is 468 g/mol. The van der Waals surface area contributed by atoms with Gasteiger partial charge in [0, 0.05) is 5.41 Å². The summed E-state index contributed by atoms with van der Waals surface area (Å²) >= 11 is 0. The Morgan fingerprint density at radius 1 is 0.436 bits per heavy atom. The normalized spacial score (nSPS) is 13.3. The minimum absolute atomic E-state index is 0.135. The summed E-state index contributed by atoms with van der Waals surface area (Å²) in [7, 11) is 0. The van der Waals surface area contributed by atoms with Crippen LogP contribution in [0.5, 0.6) is 0 Å². The fraction of sp³-hybridized carbons (Fsp3) is 0.385. The van der Waals surface area contributed by atoms with Crippen LogP contribution in [-0.4, -0.2) is 0 Å². The van der Waals surface area contributed by atoms with Crippen LogP contribution in [0.2, 0.25) is 0 Å². The Morgan fingerprint density at radius 2 is 0.872 bits per heavy atom. The van der Waals surface area contributed by atoms with Gasteiger partial charge in [-0.2, -0.15) is 0 Å². The molecule has 0 heteroatoms. The maximum atomic E-state index is 2.56. The molecule has 0 atom stereocenters. The lowest BCUT2D eigenvalue weighted by Gasteiger charge is -2.33. The van der Waals surface area contributed by atoms with E-state index in [0.29, 0.717) is 0 Å². The zero-order chi connectivity index (χ0) is 27.2. The molecule has 0 amide bonds. The zero-order valence-electron chi connectivity index (χ0n) is 24.7. The van der Waals surface area contributed by atoms with E-state index in [9.17, 15) is 0 Å². The van der Waals surface area contributed by atoms with Gasteiger partial charge in [-0.05, 0) is 77.3 Å². The summed E-state index contributed by atoms with van der Waals surface area (Å²) < 4.78 is 0. The largest absolute Gasteiger partial charge is 0.0654 e. The first-order chi connectivity index (χ1) is 19.1. The SMILES string of the molecule is CCCCCCC1(CCCCCC)c2cc(C)ccc2-c2ccc(-c3ccc(-c4ccc(C)cc4)cc3)cc21. The monoisotopic (exact) mass is 514 g/mol. The molecule has 4 aromatic carbocycles. The zero-order valence-corrected chi connectivity index (χ0v) is 24.7. The van der Waals surface area contributed by atoms with Gasteiger partial charge in [-0.25, -0.2) is 0 Å². The lowest BCUT2D eigenvalue weighted by Crippen LogP contribution is -2.25. The molecule has 202 valence electrons. The first kappa shape index (κ1) is 27.4. The Bertz CT molecular complexity index is 1360. The van der Waals surface area contributed by atoms with E-state index in [4.69, 9.17) is 0 Å². The van der Waals surface area contributed by atoms with Crippen molar-refractivity contribution in [3.8, 4) is 33.4 Å². The molecule has 0 aromatic heterocycles. The Kier molecular flexibility index (Phi) is 8.71. The highest BCUT2D eigenvalue weighted by molar-refractivity contribution is 5.84. The quantitative estimate of drug-likeness (QED) is 0.165. The van der Waals surface area contributed by atoms with Gasteiger partial charge < -0.3 is 0 Å². The molecule has 0 nitrogen and oxygen atoms in total. The van der Waals surface area contributed by atoms with Crippen molar-refractivity contribution in [3.63, 3.8) is 0 Å². The predicted octanol–water partition coefficient (Wildman–Crippen LogP) is 11.8. The van der Waals surface area contributed by atoms with Crippen LogP contribution in [0.4, 0.5) is 0 Å². The summed E-state index contributed by atoms with van der Waals surface area (Å²) in [6.45, 7) is 9.05. The highest BCUT2D eigenvalue weighted by atomic mass is 14.4. The van der Waals surface area contributed by atoms with Crippen LogP contribution in [0.1, 0.15) is 100 Å². The molecule has 0 radical (unpaired) electrons. The van der Waals surface area contributed by atoms with Gasteiger partial charge in [0.2, 0.25) is 0 Å². The van der Waals surface area contributed by atoms with Gasteiger partial charge in [-0.3, -0.25) is 0 Å². The highest BCUT2D eigenvalue weighted by Gasteiger charge is 2.42. The molecule has 1 aliphatic rings. The van der Waals surface area contributed by atoms with Crippen molar-refractivity contribution in [1.29, 1.82) is 0 Å². The lowest BCUT2D eigenvalue weighted by molar-refractivity contribution is 0.401. The molecule has 0 spiro atoms. The van der Waals surface area contributed by atoms with Gasteiger partial charge in [0.15, 0.2) is 0 Å². The Hall–Kier alpha value is -3.12. The second-order valence-corrected chi connectivity index (χ2v) is 12.0.